The van der Waals surface area contributed by atoms with Crippen molar-refractivity contribution in [2.45, 2.75) is 6.92 Å². The van der Waals surface area contributed by atoms with Crippen LogP contribution in [-0.4, -0.2) is 28.2 Å². The number of amides is 2. The SMILES string of the molecule is Cc1cccc(C(=O)Nc2ccc(C(=O)N/N=C/c3ccc(O)cc3O)cc2)c1. The molecule has 0 spiro atoms. The van der Waals surface area contributed by atoms with Gasteiger partial charge in [-0.15, -0.1) is 0 Å². The van der Waals surface area contributed by atoms with Gasteiger partial charge in [0.1, 0.15) is 11.5 Å². The first kappa shape index (κ1) is 19.6. The zero-order valence-electron chi connectivity index (χ0n) is 15.6. The van der Waals surface area contributed by atoms with Crippen LogP contribution < -0.4 is 10.7 Å². The minimum atomic E-state index is -0.448. The molecule has 0 unspecified atom stereocenters. The highest BCUT2D eigenvalue weighted by Crippen LogP contribution is 2.20. The van der Waals surface area contributed by atoms with Crippen molar-refractivity contribution < 1.29 is 19.8 Å². The summed E-state index contributed by atoms with van der Waals surface area (Å²) in [6.45, 7) is 1.91. The molecule has 146 valence electrons. The lowest BCUT2D eigenvalue weighted by atomic mass is 10.1. The predicted molar refractivity (Wildman–Crippen MR) is 110 cm³/mol. The van der Waals surface area contributed by atoms with Crippen LogP contribution in [0.5, 0.6) is 11.5 Å². The Labute approximate surface area is 167 Å². The lowest BCUT2D eigenvalue weighted by Crippen LogP contribution is -2.18. The number of benzene rings is 3. The molecule has 0 fully saturated rings. The number of carbonyl (C=O) groups excluding carboxylic acids is 2. The van der Waals surface area contributed by atoms with Crippen molar-refractivity contribution in [3.05, 3.63) is 89.0 Å². The standard InChI is InChI=1S/C22H19N3O4/c1-14-3-2-4-16(11-14)21(28)24-18-8-5-15(6-9-18)22(29)25-23-13-17-7-10-19(26)12-20(17)27/h2-13,26-27H,1H3,(H,24,28)(H,25,29)/b23-13+. The number of nitrogens with zero attached hydrogens (tertiary/aromatic N) is 1. The third kappa shape index (κ3) is 5.20. The number of phenols is 2. The Hall–Kier alpha value is -4.13. The van der Waals surface area contributed by atoms with Gasteiger partial charge in [-0.1, -0.05) is 17.7 Å². The third-order valence-electron chi connectivity index (χ3n) is 4.07. The van der Waals surface area contributed by atoms with Gasteiger partial charge in [0.05, 0.1) is 6.21 Å². The van der Waals surface area contributed by atoms with E-state index in [1.165, 1.54) is 24.4 Å². The summed E-state index contributed by atoms with van der Waals surface area (Å²) < 4.78 is 0. The smallest absolute Gasteiger partial charge is 0.271 e. The first-order chi connectivity index (χ1) is 13.9. The molecule has 0 saturated heterocycles. The van der Waals surface area contributed by atoms with E-state index in [0.29, 0.717) is 22.4 Å². The maximum Gasteiger partial charge on any atom is 0.271 e. The Morgan fingerprint density at radius 3 is 2.34 bits per heavy atom. The van der Waals surface area contributed by atoms with Crippen LogP contribution in [0.3, 0.4) is 0 Å². The first-order valence-corrected chi connectivity index (χ1v) is 8.76. The van der Waals surface area contributed by atoms with Gasteiger partial charge in [0.15, 0.2) is 0 Å². The summed E-state index contributed by atoms with van der Waals surface area (Å²) in [6, 6.07) is 17.7. The quantitative estimate of drug-likeness (QED) is 0.396. The highest BCUT2D eigenvalue weighted by molar-refractivity contribution is 6.04. The summed E-state index contributed by atoms with van der Waals surface area (Å²) in [6.07, 6.45) is 1.27. The Morgan fingerprint density at radius 2 is 1.66 bits per heavy atom. The molecule has 0 bridgehead atoms. The molecule has 3 rings (SSSR count). The van der Waals surface area contributed by atoms with Crippen molar-refractivity contribution in [1.29, 1.82) is 0 Å². The van der Waals surface area contributed by atoms with E-state index in [4.69, 9.17) is 0 Å². The van der Waals surface area contributed by atoms with Crippen LogP contribution in [0.25, 0.3) is 0 Å². The lowest BCUT2D eigenvalue weighted by molar-refractivity contribution is 0.0954. The molecular weight excluding hydrogens is 370 g/mol. The van der Waals surface area contributed by atoms with E-state index in [1.54, 1.807) is 36.4 Å². The van der Waals surface area contributed by atoms with Gasteiger partial charge in [0, 0.05) is 28.4 Å². The zero-order chi connectivity index (χ0) is 20.8. The highest BCUT2D eigenvalue weighted by Gasteiger charge is 2.08. The molecule has 0 aliphatic carbocycles. The van der Waals surface area contributed by atoms with Crippen LogP contribution in [0.4, 0.5) is 5.69 Å². The summed E-state index contributed by atoms with van der Waals surface area (Å²) in [5, 5.41) is 25.5. The number of hydrazone groups is 1. The second-order valence-corrected chi connectivity index (χ2v) is 6.34. The second kappa shape index (κ2) is 8.71. The van der Waals surface area contributed by atoms with Crippen molar-refractivity contribution in [2.75, 3.05) is 5.32 Å². The molecule has 7 heteroatoms. The topological polar surface area (TPSA) is 111 Å². The van der Waals surface area contributed by atoms with E-state index in [0.717, 1.165) is 5.56 Å². The largest absolute Gasteiger partial charge is 0.508 e. The van der Waals surface area contributed by atoms with E-state index in [9.17, 15) is 19.8 Å². The monoisotopic (exact) mass is 389 g/mol. The van der Waals surface area contributed by atoms with Crippen molar-refractivity contribution in [1.82, 2.24) is 5.43 Å². The number of hydrogen-bond donors (Lipinski definition) is 4. The van der Waals surface area contributed by atoms with Crippen molar-refractivity contribution in [3.63, 3.8) is 0 Å². The van der Waals surface area contributed by atoms with Gasteiger partial charge in [-0.25, -0.2) is 5.43 Å². The summed E-state index contributed by atoms with van der Waals surface area (Å²) in [4.78, 5) is 24.4. The zero-order valence-corrected chi connectivity index (χ0v) is 15.6. The number of anilines is 1. The van der Waals surface area contributed by atoms with Crippen molar-refractivity contribution >= 4 is 23.7 Å². The van der Waals surface area contributed by atoms with Gasteiger partial charge < -0.3 is 15.5 Å². The summed E-state index contributed by atoms with van der Waals surface area (Å²) in [7, 11) is 0. The maximum atomic E-state index is 12.3. The van der Waals surface area contributed by atoms with Gasteiger partial charge in [-0.05, 0) is 55.5 Å². The molecule has 0 heterocycles. The van der Waals surface area contributed by atoms with E-state index >= 15 is 0 Å². The number of aryl methyl sites for hydroxylation is 1. The molecule has 0 aliphatic rings. The second-order valence-electron chi connectivity index (χ2n) is 6.34. The lowest BCUT2D eigenvalue weighted by Gasteiger charge is -2.07. The van der Waals surface area contributed by atoms with Gasteiger partial charge in [0.2, 0.25) is 0 Å². The van der Waals surface area contributed by atoms with Crippen LogP contribution in [-0.2, 0) is 0 Å². The highest BCUT2D eigenvalue weighted by atomic mass is 16.3. The number of phenolic OH excluding ortho intramolecular Hbond substituents is 2. The molecule has 0 aliphatic heterocycles. The normalized spacial score (nSPS) is 10.7. The number of carbonyl (C=O) groups is 2. The molecule has 7 nitrogen and oxygen atoms in total. The maximum absolute atomic E-state index is 12.3. The third-order valence-corrected chi connectivity index (χ3v) is 4.07. The van der Waals surface area contributed by atoms with Crippen LogP contribution in [0.1, 0.15) is 31.8 Å². The van der Waals surface area contributed by atoms with Gasteiger partial charge in [-0.3, -0.25) is 9.59 Å². The average Bonchev–Trinajstić information content (AvgIpc) is 2.70. The number of nitrogens with one attached hydrogen (secondary N) is 2. The Morgan fingerprint density at radius 1 is 0.897 bits per heavy atom. The van der Waals surface area contributed by atoms with Crippen LogP contribution >= 0.6 is 0 Å². The summed E-state index contributed by atoms with van der Waals surface area (Å²) >= 11 is 0. The molecule has 0 atom stereocenters. The fourth-order valence-electron chi connectivity index (χ4n) is 2.56. The van der Waals surface area contributed by atoms with E-state index < -0.39 is 5.91 Å². The molecule has 3 aromatic carbocycles. The minimum Gasteiger partial charge on any atom is -0.508 e. The Kier molecular flexibility index (Phi) is 5.89. The summed E-state index contributed by atoms with van der Waals surface area (Å²) in [5.41, 5.74) is 5.15. The first-order valence-electron chi connectivity index (χ1n) is 8.76. The Bertz CT molecular complexity index is 1080. The molecule has 0 aromatic heterocycles. The molecule has 29 heavy (non-hydrogen) atoms. The van der Waals surface area contributed by atoms with Crippen molar-refractivity contribution in [2.24, 2.45) is 5.10 Å². The molecular formula is C22H19N3O4. The Balaban J connectivity index is 1.59. The van der Waals surface area contributed by atoms with Crippen LogP contribution in [0.2, 0.25) is 0 Å². The predicted octanol–water partition coefficient (Wildman–Crippen LogP) is 3.42. The van der Waals surface area contributed by atoms with Crippen LogP contribution in [0, 0.1) is 6.92 Å². The van der Waals surface area contributed by atoms with Gasteiger partial charge >= 0.3 is 0 Å². The number of rotatable bonds is 5. The fourth-order valence-corrected chi connectivity index (χ4v) is 2.56. The minimum absolute atomic E-state index is 0.0711. The van der Waals surface area contributed by atoms with Gasteiger partial charge in [-0.2, -0.15) is 5.10 Å². The van der Waals surface area contributed by atoms with Gasteiger partial charge in [0.25, 0.3) is 11.8 Å². The van der Waals surface area contributed by atoms with E-state index in [-0.39, 0.29) is 17.4 Å². The van der Waals surface area contributed by atoms with E-state index in [1.807, 2.05) is 19.1 Å². The number of aromatic hydroxyl groups is 2. The summed E-state index contributed by atoms with van der Waals surface area (Å²) in [5.74, 6) is -0.907. The van der Waals surface area contributed by atoms with E-state index in [2.05, 4.69) is 15.8 Å². The number of hydrogen-bond acceptors (Lipinski definition) is 5. The molecule has 2 amide bonds. The average molecular weight is 389 g/mol. The fraction of sp³-hybridized carbons (Fsp3) is 0.0455. The molecule has 3 aromatic rings. The molecule has 4 N–H and O–H groups in total. The molecule has 0 radical (unpaired) electrons. The molecule has 0 saturated carbocycles. The van der Waals surface area contributed by atoms with Crippen LogP contribution in [0.15, 0.2) is 71.8 Å². The van der Waals surface area contributed by atoms with Crippen molar-refractivity contribution in [3.8, 4) is 11.5 Å².